The van der Waals surface area contributed by atoms with Crippen LogP contribution in [-0.4, -0.2) is 37.0 Å². The Balaban J connectivity index is 0.00000156. The maximum Gasteiger partial charge on any atom is 0.255 e. The molecule has 1 fully saturated rings. The zero-order valence-corrected chi connectivity index (χ0v) is 15.6. The van der Waals surface area contributed by atoms with Gasteiger partial charge >= 0.3 is 0 Å². The molecule has 1 saturated heterocycles. The Hall–Kier alpha value is -1.95. The smallest absolute Gasteiger partial charge is 0.255 e. The van der Waals surface area contributed by atoms with Gasteiger partial charge in [0, 0.05) is 18.7 Å². The molecule has 3 N–H and O–H groups in total. The molecule has 1 amide bonds. The number of anilines is 2. The minimum absolute atomic E-state index is 0. The van der Waals surface area contributed by atoms with Crippen molar-refractivity contribution in [1.29, 1.82) is 0 Å². The van der Waals surface area contributed by atoms with Gasteiger partial charge in [0.05, 0.1) is 11.4 Å². The van der Waals surface area contributed by atoms with E-state index in [9.17, 15) is 4.79 Å². The van der Waals surface area contributed by atoms with Gasteiger partial charge < -0.3 is 20.7 Å². The summed E-state index contributed by atoms with van der Waals surface area (Å²) in [4.78, 5) is 14.5. The predicted molar refractivity (Wildman–Crippen MR) is 106 cm³/mol. The summed E-state index contributed by atoms with van der Waals surface area (Å²) in [5.41, 5.74) is 7.57. The molecular weight excluding hydrogens is 361 g/mol. The molecule has 25 heavy (non-hydrogen) atoms. The second-order valence-electron chi connectivity index (χ2n) is 5.86. The number of benzene rings is 2. The van der Waals surface area contributed by atoms with Crippen molar-refractivity contribution < 1.29 is 9.53 Å². The van der Waals surface area contributed by atoms with Crippen LogP contribution in [0.4, 0.5) is 11.4 Å². The number of nitrogens with two attached hydrogens (primary N) is 1. The largest absolute Gasteiger partial charge is 0.489 e. The van der Waals surface area contributed by atoms with Crippen LogP contribution >= 0.6 is 24.8 Å². The van der Waals surface area contributed by atoms with Gasteiger partial charge in [-0.15, -0.1) is 24.8 Å². The average molecular weight is 384 g/mol. The van der Waals surface area contributed by atoms with Crippen LogP contribution in [0, 0.1) is 0 Å². The minimum atomic E-state index is -0.185. The van der Waals surface area contributed by atoms with E-state index in [-0.39, 0.29) is 36.8 Å². The standard InChI is InChI=1S/C18H21N3O2.2ClH/c1-21-11-10-15(12-21)23-14-8-6-13(7-9-14)18(22)20-17-5-3-2-4-16(17)19;;/h2-9,15H,10-12,19H2,1H3,(H,20,22);2*1H. The highest BCUT2D eigenvalue weighted by molar-refractivity contribution is 6.05. The summed E-state index contributed by atoms with van der Waals surface area (Å²) in [6.07, 6.45) is 1.26. The lowest BCUT2D eigenvalue weighted by molar-refractivity contribution is 0.102. The summed E-state index contributed by atoms with van der Waals surface area (Å²) in [5.74, 6) is 0.608. The first-order valence-corrected chi connectivity index (χ1v) is 7.73. The Kier molecular flexibility index (Phi) is 8.03. The Morgan fingerprint density at radius 3 is 2.44 bits per heavy atom. The third-order valence-corrected chi connectivity index (χ3v) is 3.98. The van der Waals surface area contributed by atoms with Gasteiger partial charge in [0.2, 0.25) is 0 Å². The molecule has 5 nitrogen and oxygen atoms in total. The van der Waals surface area contributed by atoms with Crippen LogP contribution in [0.25, 0.3) is 0 Å². The Labute approximate surface area is 160 Å². The zero-order chi connectivity index (χ0) is 16.2. The molecule has 0 saturated carbocycles. The Morgan fingerprint density at radius 2 is 1.84 bits per heavy atom. The number of rotatable bonds is 4. The van der Waals surface area contributed by atoms with Gasteiger partial charge in [-0.2, -0.15) is 0 Å². The highest BCUT2D eigenvalue weighted by atomic mass is 35.5. The van der Waals surface area contributed by atoms with Crippen LogP contribution in [0.3, 0.4) is 0 Å². The Bertz CT molecular complexity index is 695. The number of nitrogen functional groups attached to an aromatic ring is 1. The van der Waals surface area contributed by atoms with Crippen molar-refractivity contribution in [3.8, 4) is 5.75 Å². The van der Waals surface area contributed by atoms with Crippen LogP contribution in [0.15, 0.2) is 48.5 Å². The molecule has 136 valence electrons. The van der Waals surface area contributed by atoms with Crippen LogP contribution < -0.4 is 15.8 Å². The van der Waals surface area contributed by atoms with E-state index in [0.717, 1.165) is 25.3 Å². The Morgan fingerprint density at radius 1 is 1.16 bits per heavy atom. The highest BCUT2D eigenvalue weighted by Crippen LogP contribution is 2.20. The lowest BCUT2D eigenvalue weighted by Crippen LogP contribution is -2.21. The molecule has 1 atom stereocenters. The zero-order valence-electron chi connectivity index (χ0n) is 14.0. The van der Waals surface area contributed by atoms with Crippen molar-refractivity contribution in [1.82, 2.24) is 4.90 Å². The maximum absolute atomic E-state index is 12.3. The molecule has 1 unspecified atom stereocenters. The molecule has 1 heterocycles. The molecule has 0 bridgehead atoms. The van der Waals surface area contributed by atoms with E-state index in [0.29, 0.717) is 16.9 Å². The number of halogens is 2. The number of likely N-dealkylation sites (tertiary alicyclic amines) is 1. The molecule has 2 aromatic carbocycles. The number of carbonyl (C=O) groups excluding carboxylic acids is 1. The SMILES string of the molecule is CN1CCC(Oc2ccc(C(=O)Nc3ccccc3N)cc2)C1.Cl.Cl. The fourth-order valence-electron chi connectivity index (χ4n) is 2.67. The number of carbonyl (C=O) groups is 1. The first-order valence-electron chi connectivity index (χ1n) is 7.73. The second kappa shape index (κ2) is 9.51. The third kappa shape index (κ3) is 5.53. The lowest BCUT2D eigenvalue weighted by Gasteiger charge is -2.14. The van der Waals surface area contributed by atoms with E-state index in [4.69, 9.17) is 10.5 Å². The molecule has 0 radical (unpaired) electrons. The number of amides is 1. The van der Waals surface area contributed by atoms with Crippen LogP contribution in [0.5, 0.6) is 5.75 Å². The quantitative estimate of drug-likeness (QED) is 0.793. The lowest BCUT2D eigenvalue weighted by atomic mass is 10.2. The van der Waals surface area contributed by atoms with E-state index in [1.54, 1.807) is 24.3 Å². The van der Waals surface area contributed by atoms with Crippen molar-refractivity contribution in [2.24, 2.45) is 0 Å². The van der Waals surface area contributed by atoms with E-state index in [1.807, 2.05) is 24.3 Å². The van der Waals surface area contributed by atoms with E-state index in [2.05, 4.69) is 17.3 Å². The number of hydrogen-bond acceptors (Lipinski definition) is 4. The highest BCUT2D eigenvalue weighted by Gasteiger charge is 2.20. The molecule has 0 aliphatic carbocycles. The van der Waals surface area contributed by atoms with Gasteiger partial charge in [0.25, 0.3) is 5.91 Å². The molecule has 1 aliphatic rings. The van der Waals surface area contributed by atoms with Crippen molar-refractivity contribution in [3.05, 3.63) is 54.1 Å². The first-order chi connectivity index (χ1) is 11.1. The van der Waals surface area contributed by atoms with Gasteiger partial charge in [0.15, 0.2) is 0 Å². The van der Waals surface area contributed by atoms with Gasteiger partial charge in [-0.3, -0.25) is 4.79 Å². The molecule has 7 heteroatoms. The monoisotopic (exact) mass is 383 g/mol. The first kappa shape index (κ1) is 21.1. The van der Waals surface area contributed by atoms with E-state index >= 15 is 0 Å². The fourth-order valence-corrected chi connectivity index (χ4v) is 2.67. The summed E-state index contributed by atoms with van der Waals surface area (Å²) in [7, 11) is 2.09. The van der Waals surface area contributed by atoms with E-state index in [1.165, 1.54) is 0 Å². The third-order valence-electron chi connectivity index (χ3n) is 3.98. The molecule has 1 aliphatic heterocycles. The summed E-state index contributed by atoms with van der Waals surface area (Å²) < 4.78 is 5.92. The summed E-state index contributed by atoms with van der Waals surface area (Å²) in [6.45, 7) is 2.00. The van der Waals surface area contributed by atoms with Crippen LogP contribution in [0.1, 0.15) is 16.8 Å². The second-order valence-corrected chi connectivity index (χ2v) is 5.86. The molecular formula is C18H23Cl2N3O2. The molecule has 0 spiro atoms. The summed E-state index contributed by atoms with van der Waals surface area (Å²) in [6, 6.07) is 14.4. The maximum atomic E-state index is 12.3. The number of hydrogen-bond donors (Lipinski definition) is 2. The van der Waals surface area contributed by atoms with Gasteiger partial charge in [-0.05, 0) is 49.9 Å². The number of ether oxygens (including phenoxy) is 1. The molecule has 2 aromatic rings. The molecule has 0 aromatic heterocycles. The number of nitrogens with zero attached hydrogens (tertiary/aromatic N) is 1. The fraction of sp³-hybridized carbons (Fsp3) is 0.278. The summed E-state index contributed by atoms with van der Waals surface area (Å²) >= 11 is 0. The topological polar surface area (TPSA) is 67.6 Å². The minimum Gasteiger partial charge on any atom is -0.489 e. The normalized spacial score (nSPS) is 16.4. The van der Waals surface area contributed by atoms with Crippen molar-refractivity contribution in [3.63, 3.8) is 0 Å². The number of nitrogens with one attached hydrogen (secondary N) is 1. The number of likely N-dealkylation sites (N-methyl/N-ethyl adjacent to an activating group) is 1. The van der Waals surface area contributed by atoms with Crippen molar-refractivity contribution in [2.75, 3.05) is 31.2 Å². The summed E-state index contributed by atoms with van der Waals surface area (Å²) in [5, 5.41) is 2.81. The van der Waals surface area contributed by atoms with Gasteiger partial charge in [-0.1, -0.05) is 12.1 Å². The van der Waals surface area contributed by atoms with Gasteiger partial charge in [0.1, 0.15) is 11.9 Å². The predicted octanol–water partition coefficient (Wildman–Crippen LogP) is 3.45. The van der Waals surface area contributed by atoms with Crippen molar-refractivity contribution >= 4 is 42.1 Å². The van der Waals surface area contributed by atoms with Gasteiger partial charge in [-0.25, -0.2) is 0 Å². The average Bonchev–Trinajstić information content (AvgIpc) is 2.95. The van der Waals surface area contributed by atoms with Crippen molar-refractivity contribution in [2.45, 2.75) is 12.5 Å². The van der Waals surface area contributed by atoms with E-state index < -0.39 is 0 Å². The van der Waals surface area contributed by atoms with Crippen LogP contribution in [-0.2, 0) is 0 Å². The molecule has 3 rings (SSSR count). The number of para-hydroxylation sites is 2. The van der Waals surface area contributed by atoms with Crippen LogP contribution in [0.2, 0.25) is 0 Å².